The SMILES string of the molecule is CSCC(C)NC(=O)c1cc(N)c(Cl)c(Cl)c1. The molecule has 0 aliphatic heterocycles. The maximum absolute atomic E-state index is 11.9. The largest absolute Gasteiger partial charge is 0.397 e. The Morgan fingerprint density at radius 1 is 1.53 bits per heavy atom. The van der Waals surface area contributed by atoms with Gasteiger partial charge in [-0.3, -0.25) is 4.79 Å². The number of thioether (sulfide) groups is 1. The van der Waals surface area contributed by atoms with Crippen LogP contribution in [0.4, 0.5) is 5.69 Å². The quantitative estimate of drug-likeness (QED) is 0.839. The molecule has 0 spiro atoms. The molecule has 0 bridgehead atoms. The van der Waals surface area contributed by atoms with Gasteiger partial charge in [-0.25, -0.2) is 0 Å². The van der Waals surface area contributed by atoms with Gasteiger partial charge in [0.15, 0.2) is 0 Å². The highest BCUT2D eigenvalue weighted by atomic mass is 35.5. The Kier molecular flexibility index (Phi) is 5.43. The maximum atomic E-state index is 11.9. The smallest absolute Gasteiger partial charge is 0.251 e. The van der Waals surface area contributed by atoms with Crippen LogP contribution in [0.2, 0.25) is 10.0 Å². The molecule has 0 aliphatic carbocycles. The van der Waals surface area contributed by atoms with E-state index in [-0.39, 0.29) is 22.0 Å². The molecule has 0 heterocycles. The fraction of sp³-hybridized carbons (Fsp3) is 0.364. The van der Waals surface area contributed by atoms with Crippen molar-refractivity contribution in [3.05, 3.63) is 27.7 Å². The minimum atomic E-state index is -0.197. The van der Waals surface area contributed by atoms with Crippen molar-refractivity contribution in [3.8, 4) is 0 Å². The summed E-state index contributed by atoms with van der Waals surface area (Å²) >= 11 is 13.4. The fourth-order valence-electron chi connectivity index (χ4n) is 1.34. The minimum absolute atomic E-state index is 0.0909. The van der Waals surface area contributed by atoms with Gasteiger partial charge >= 0.3 is 0 Å². The Bertz CT molecular complexity index is 403. The Morgan fingerprint density at radius 3 is 2.71 bits per heavy atom. The highest BCUT2D eigenvalue weighted by Gasteiger charge is 2.13. The van der Waals surface area contributed by atoms with Gasteiger partial charge in [-0.05, 0) is 25.3 Å². The second-order valence-electron chi connectivity index (χ2n) is 3.69. The molecule has 1 aromatic carbocycles. The third-order valence-corrected chi connectivity index (χ3v) is 3.76. The van der Waals surface area contributed by atoms with Crippen molar-refractivity contribution in [2.24, 2.45) is 0 Å². The van der Waals surface area contributed by atoms with Gasteiger partial charge in [0.1, 0.15) is 0 Å². The normalized spacial score (nSPS) is 12.2. The summed E-state index contributed by atoms with van der Waals surface area (Å²) in [5, 5.41) is 3.42. The van der Waals surface area contributed by atoms with Gasteiger partial charge in [-0.1, -0.05) is 23.2 Å². The number of hydrogen-bond donors (Lipinski definition) is 2. The number of anilines is 1. The van der Waals surface area contributed by atoms with Crippen molar-refractivity contribution in [1.29, 1.82) is 0 Å². The second kappa shape index (κ2) is 6.38. The summed E-state index contributed by atoms with van der Waals surface area (Å²) in [5.41, 5.74) is 6.38. The van der Waals surface area contributed by atoms with Crippen LogP contribution in [0.3, 0.4) is 0 Å². The summed E-state index contributed by atoms with van der Waals surface area (Å²) in [5.74, 6) is 0.652. The van der Waals surface area contributed by atoms with Crippen LogP contribution in [-0.2, 0) is 0 Å². The monoisotopic (exact) mass is 292 g/mol. The van der Waals surface area contributed by atoms with Crippen LogP contribution in [0.5, 0.6) is 0 Å². The van der Waals surface area contributed by atoms with Crippen molar-refractivity contribution in [3.63, 3.8) is 0 Å². The van der Waals surface area contributed by atoms with Gasteiger partial charge in [0.25, 0.3) is 5.91 Å². The third kappa shape index (κ3) is 3.98. The lowest BCUT2D eigenvalue weighted by molar-refractivity contribution is 0.0944. The molecule has 0 radical (unpaired) electrons. The van der Waals surface area contributed by atoms with Crippen LogP contribution >= 0.6 is 35.0 Å². The molecule has 17 heavy (non-hydrogen) atoms. The Balaban J connectivity index is 2.83. The topological polar surface area (TPSA) is 55.1 Å². The summed E-state index contributed by atoms with van der Waals surface area (Å²) in [7, 11) is 0. The van der Waals surface area contributed by atoms with E-state index < -0.39 is 0 Å². The van der Waals surface area contributed by atoms with E-state index in [0.717, 1.165) is 5.75 Å². The summed E-state index contributed by atoms with van der Waals surface area (Å²) < 4.78 is 0. The van der Waals surface area contributed by atoms with E-state index in [9.17, 15) is 4.79 Å². The van der Waals surface area contributed by atoms with Crippen molar-refractivity contribution >= 4 is 46.6 Å². The van der Waals surface area contributed by atoms with E-state index in [2.05, 4.69) is 5.32 Å². The third-order valence-electron chi connectivity index (χ3n) is 2.11. The summed E-state index contributed by atoms with van der Waals surface area (Å²) in [4.78, 5) is 11.9. The Morgan fingerprint density at radius 2 is 2.18 bits per heavy atom. The van der Waals surface area contributed by atoms with Crippen molar-refractivity contribution in [2.75, 3.05) is 17.7 Å². The molecule has 0 aromatic heterocycles. The molecule has 3 N–H and O–H groups in total. The molecule has 1 aromatic rings. The van der Waals surface area contributed by atoms with Crippen LogP contribution in [0.15, 0.2) is 12.1 Å². The first-order valence-corrected chi connectivity index (χ1v) is 7.15. The first-order valence-electron chi connectivity index (χ1n) is 5.00. The van der Waals surface area contributed by atoms with Crippen molar-refractivity contribution in [2.45, 2.75) is 13.0 Å². The Hall–Kier alpha value is -0.580. The van der Waals surface area contributed by atoms with Crippen LogP contribution in [-0.4, -0.2) is 24.0 Å². The van der Waals surface area contributed by atoms with E-state index in [1.54, 1.807) is 11.8 Å². The van der Waals surface area contributed by atoms with E-state index >= 15 is 0 Å². The molecule has 94 valence electrons. The molecule has 0 aliphatic rings. The van der Waals surface area contributed by atoms with Gasteiger partial charge in [0.2, 0.25) is 0 Å². The molecule has 0 fully saturated rings. The molecule has 0 saturated carbocycles. The van der Waals surface area contributed by atoms with E-state index in [4.69, 9.17) is 28.9 Å². The highest BCUT2D eigenvalue weighted by molar-refractivity contribution is 7.98. The fourth-order valence-corrected chi connectivity index (χ4v) is 2.26. The number of nitrogens with two attached hydrogens (primary N) is 1. The lowest BCUT2D eigenvalue weighted by atomic mass is 10.2. The Labute approximate surface area is 115 Å². The number of hydrogen-bond acceptors (Lipinski definition) is 3. The zero-order valence-electron chi connectivity index (χ0n) is 9.59. The molecule has 1 amide bonds. The molecular weight excluding hydrogens is 279 g/mol. The number of halogens is 2. The standard InChI is InChI=1S/C11H14Cl2N2OS/c1-6(5-17-2)15-11(16)7-3-8(12)10(13)9(14)4-7/h3-4,6H,5,14H2,1-2H3,(H,15,16). The lowest BCUT2D eigenvalue weighted by Gasteiger charge is -2.13. The average molecular weight is 293 g/mol. The van der Waals surface area contributed by atoms with Crippen LogP contribution in [0.25, 0.3) is 0 Å². The van der Waals surface area contributed by atoms with Crippen LogP contribution in [0.1, 0.15) is 17.3 Å². The van der Waals surface area contributed by atoms with Crippen molar-refractivity contribution < 1.29 is 4.79 Å². The average Bonchev–Trinajstić information content (AvgIpc) is 2.25. The minimum Gasteiger partial charge on any atom is -0.397 e. The first-order chi connectivity index (χ1) is 7.95. The van der Waals surface area contributed by atoms with E-state index in [1.165, 1.54) is 12.1 Å². The van der Waals surface area contributed by atoms with Crippen LogP contribution in [0, 0.1) is 0 Å². The van der Waals surface area contributed by atoms with Gasteiger partial charge in [-0.15, -0.1) is 0 Å². The van der Waals surface area contributed by atoms with Crippen molar-refractivity contribution in [1.82, 2.24) is 5.32 Å². The molecule has 1 unspecified atom stereocenters. The van der Waals surface area contributed by atoms with Gasteiger partial charge in [0, 0.05) is 17.4 Å². The van der Waals surface area contributed by atoms with E-state index in [1.807, 2.05) is 13.2 Å². The summed E-state index contributed by atoms with van der Waals surface area (Å²) in [6, 6.07) is 3.13. The zero-order valence-corrected chi connectivity index (χ0v) is 11.9. The number of benzene rings is 1. The molecule has 3 nitrogen and oxygen atoms in total. The van der Waals surface area contributed by atoms with Gasteiger partial charge < -0.3 is 11.1 Å². The highest BCUT2D eigenvalue weighted by Crippen LogP contribution is 2.29. The second-order valence-corrected chi connectivity index (χ2v) is 5.39. The number of carbonyl (C=O) groups excluding carboxylic acids is 1. The molecule has 1 rings (SSSR count). The zero-order chi connectivity index (χ0) is 13.0. The molecule has 0 saturated heterocycles. The predicted molar refractivity (Wildman–Crippen MR) is 76.2 cm³/mol. The van der Waals surface area contributed by atoms with Crippen LogP contribution < -0.4 is 11.1 Å². The number of carbonyl (C=O) groups is 1. The number of nitrogens with one attached hydrogen (secondary N) is 1. The summed E-state index contributed by atoms with van der Waals surface area (Å²) in [6.45, 7) is 1.94. The van der Waals surface area contributed by atoms with Gasteiger partial charge in [-0.2, -0.15) is 11.8 Å². The molecule has 6 heteroatoms. The number of amides is 1. The molecule has 1 atom stereocenters. The number of rotatable bonds is 4. The first kappa shape index (κ1) is 14.5. The van der Waals surface area contributed by atoms with E-state index in [0.29, 0.717) is 11.3 Å². The summed E-state index contributed by atoms with van der Waals surface area (Å²) in [6.07, 6.45) is 1.99. The van der Waals surface area contributed by atoms with Gasteiger partial charge in [0.05, 0.1) is 15.7 Å². The number of nitrogen functional groups attached to an aromatic ring is 1. The predicted octanol–water partition coefficient (Wildman–Crippen LogP) is 3.06. The maximum Gasteiger partial charge on any atom is 0.251 e. The molecular formula is C11H14Cl2N2OS. The lowest BCUT2D eigenvalue weighted by Crippen LogP contribution is -2.34.